The lowest BCUT2D eigenvalue weighted by atomic mass is 9.86. The van der Waals surface area contributed by atoms with Crippen molar-refractivity contribution in [1.82, 2.24) is 19.1 Å². The van der Waals surface area contributed by atoms with Gasteiger partial charge >= 0.3 is 5.69 Å². The first-order chi connectivity index (χ1) is 9.99. The fraction of sp³-hybridized carbons (Fsp3) is 0.643. The van der Waals surface area contributed by atoms with Gasteiger partial charge in [-0.25, -0.2) is 4.79 Å². The molecule has 2 atom stereocenters. The van der Waals surface area contributed by atoms with Gasteiger partial charge in [0.15, 0.2) is 11.2 Å². The van der Waals surface area contributed by atoms with Crippen molar-refractivity contribution in [3.8, 4) is 0 Å². The molecule has 0 radical (unpaired) electrons. The molecule has 0 aromatic carbocycles. The summed E-state index contributed by atoms with van der Waals surface area (Å²) in [4.78, 5) is 31.4. The Balaban J connectivity index is 2.02. The van der Waals surface area contributed by atoms with E-state index in [2.05, 4.69) is 22.2 Å². The van der Waals surface area contributed by atoms with E-state index in [1.165, 1.54) is 30.9 Å². The summed E-state index contributed by atoms with van der Waals surface area (Å²) in [5.74, 6) is 1.15. The Hall–Kier alpha value is -2.05. The molecule has 114 valence electrons. The summed E-state index contributed by atoms with van der Waals surface area (Å²) in [7, 11) is 3.10. The molecule has 2 aromatic heterocycles. The summed E-state index contributed by atoms with van der Waals surface area (Å²) < 4.78 is 2.48. The number of aryl methyl sites for hydroxylation is 1. The molecule has 1 aliphatic rings. The van der Waals surface area contributed by atoms with E-state index in [1.54, 1.807) is 7.05 Å². The van der Waals surface area contributed by atoms with E-state index in [0.717, 1.165) is 11.0 Å². The molecule has 21 heavy (non-hydrogen) atoms. The third kappa shape index (κ3) is 2.26. The number of rotatable bonds is 2. The molecule has 0 amide bonds. The van der Waals surface area contributed by atoms with Crippen molar-refractivity contribution in [3.63, 3.8) is 0 Å². The summed E-state index contributed by atoms with van der Waals surface area (Å²) in [6.45, 7) is 2.23. The summed E-state index contributed by atoms with van der Waals surface area (Å²) in [5.41, 5.74) is 0.0570. The SMILES string of the molecule is CC1CCCCC1Nc1nc2c([nH]1)c(=O)n(C)c(=O)n2C. The minimum atomic E-state index is -0.364. The topological polar surface area (TPSA) is 84.7 Å². The molecule has 2 heterocycles. The van der Waals surface area contributed by atoms with Crippen LogP contribution in [0.25, 0.3) is 11.2 Å². The van der Waals surface area contributed by atoms with Gasteiger partial charge in [-0.2, -0.15) is 4.98 Å². The van der Waals surface area contributed by atoms with Gasteiger partial charge < -0.3 is 10.3 Å². The molecule has 0 bridgehead atoms. The number of nitrogens with one attached hydrogen (secondary N) is 2. The quantitative estimate of drug-likeness (QED) is 0.863. The first kappa shape index (κ1) is 13.9. The van der Waals surface area contributed by atoms with E-state index in [4.69, 9.17) is 0 Å². The van der Waals surface area contributed by atoms with E-state index >= 15 is 0 Å². The second-order valence-electron chi connectivity index (χ2n) is 6.00. The fourth-order valence-corrected chi connectivity index (χ4v) is 3.10. The third-order valence-electron chi connectivity index (χ3n) is 4.53. The molecule has 7 heteroatoms. The molecule has 3 rings (SSSR count). The highest BCUT2D eigenvalue weighted by molar-refractivity contribution is 5.72. The number of nitrogens with zero attached hydrogens (tertiary/aromatic N) is 3. The maximum Gasteiger partial charge on any atom is 0.332 e. The average Bonchev–Trinajstić information content (AvgIpc) is 2.89. The molecule has 1 saturated carbocycles. The lowest BCUT2D eigenvalue weighted by molar-refractivity contribution is 0.348. The number of hydrogen-bond donors (Lipinski definition) is 2. The van der Waals surface area contributed by atoms with Crippen LogP contribution < -0.4 is 16.6 Å². The molecule has 7 nitrogen and oxygen atoms in total. The van der Waals surface area contributed by atoms with Gasteiger partial charge in [-0.05, 0) is 18.8 Å². The van der Waals surface area contributed by atoms with E-state index in [0.29, 0.717) is 29.1 Å². The zero-order valence-corrected chi connectivity index (χ0v) is 12.6. The highest BCUT2D eigenvalue weighted by Crippen LogP contribution is 2.26. The average molecular weight is 291 g/mol. The van der Waals surface area contributed by atoms with E-state index in [1.807, 2.05) is 0 Å². The van der Waals surface area contributed by atoms with Crippen LogP contribution in [-0.4, -0.2) is 25.1 Å². The van der Waals surface area contributed by atoms with Crippen LogP contribution in [0.4, 0.5) is 5.95 Å². The molecule has 0 spiro atoms. The van der Waals surface area contributed by atoms with Crippen LogP contribution in [-0.2, 0) is 14.1 Å². The Kier molecular flexibility index (Phi) is 3.35. The van der Waals surface area contributed by atoms with E-state index < -0.39 is 0 Å². The molecular weight excluding hydrogens is 270 g/mol. The van der Waals surface area contributed by atoms with Crippen molar-refractivity contribution in [2.45, 2.75) is 38.6 Å². The molecule has 2 unspecified atom stereocenters. The van der Waals surface area contributed by atoms with Crippen molar-refractivity contribution < 1.29 is 0 Å². The number of aromatic nitrogens is 4. The Bertz CT molecular complexity index is 785. The molecule has 1 aliphatic carbocycles. The lowest BCUT2D eigenvalue weighted by Crippen LogP contribution is -2.36. The molecule has 2 aromatic rings. The largest absolute Gasteiger partial charge is 0.353 e. The number of aromatic amines is 1. The zero-order valence-electron chi connectivity index (χ0n) is 12.6. The van der Waals surface area contributed by atoms with Crippen molar-refractivity contribution in [2.75, 3.05) is 5.32 Å². The monoisotopic (exact) mass is 291 g/mol. The van der Waals surface area contributed by atoms with Gasteiger partial charge in [-0.1, -0.05) is 19.8 Å². The predicted octanol–water partition coefficient (Wildman–Crippen LogP) is 0.951. The molecule has 2 N–H and O–H groups in total. The van der Waals surface area contributed by atoms with Crippen molar-refractivity contribution >= 4 is 17.1 Å². The van der Waals surface area contributed by atoms with Crippen LogP contribution in [0, 0.1) is 5.92 Å². The molecular formula is C14H21N5O2. The van der Waals surface area contributed by atoms with Gasteiger partial charge in [0.2, 0.25) is 5.95 Å². The standard InChI is InChI=1S/C14H21N5O2/c1-8-6-4-5-7-9(8)15-13-16-10-11(17-13)18(2)14(21)19(3)12(10)20/h8-9H,4-7H2,1-3H3,(H2,15,16,17). The number of fused-ring (bicyclic) bond motifs is 1. The summed E-state index contributed by atoms with van der Waals surface area (Å²) >= 11 is 0. The summed E-state index contributed by atoms with van der Waals surface area (Å²) in [6.07, 6.45) is 4.80. The normalized spacial score (nSPS) is 22.6. The predicted molar refractivity (Wildman–Crippen MR) is 81.6 cm³/mol. The maximum absolute atomic E-state index is 12.1. The number of imidazole rings is 1. The Morgan fingerprint density at radius 2 is 1.90 bits per heavy atom. The lowest BCUT2D eigenvalue weighted by Gasteiger charge is -2.29. The van der Waals surface area contributed by atoms with Crippen molar-refractivity contribution in [1.29, 1.82) is 0 Å². The van der Waals surface area contributed by atoms with E-state index in [9.17, 15) is 9.59 Å². The maximum atomic E-state index is 12.1. The minimum absolute atomic E-state index is 0.342. The second kappa shape index (κ2) is 5.05. The first-order valence-electron chi connectivity index (χ1n) is 7.41. The van der Waals surface area contributed by atoms with Crippen LogP contribution in [0.3, 0.4) is 0 Å². The third-order valence-corrected chi connectivity index (χ3v) is 4.53. The van der Waals surface area contributed by atoms with Crippen molar-refractivity contribution in [3.05, 3.63) is 20.8 Å². The Morgan fingerprint density at radius 3 is 2.62 bits per heavy atom. The van der Waals surface area contributed by atoms with Gasteiger partial charge in [0.05, 0.1) is 0 Å². The summed E-state index contributed by atoms with van der Waals surface area (Å²) in [5, 5.41) is 3.38. The van der Waals surface area contributed by atoms with Crippen LogP contribution in [0.2, 0.25) is 0 Å². The van der Waals surface area contributed by atoms with Crippen LogP contribution in [0.1, 0.15) is 32.6 Å². The van der Waals surface area contributed by atoms with Gasteiger partial charge in [-0.3, -0.25) is 13.9 Å². The number of H-pyrrole nitrogens is 1. The van der Waals surface area contributed by atoms with Gasteiger partial charge in [-0.15, -0.1) is 0 Å². The Morgan fingerprint density at radius 1 is 1.19 bits per heavy atom. The minimum Gasteiger partial charge on any atom is -0.353 e. The van der Waals surface area contributed by atoms with Crippen molar-refractivity contribution in [2.24, 2.45) is 20.0 Å². The number of hydrogen-bond acceptors (Lipinski definition) is 4. The van der Waals surface area contributed by atoms with Gasteiger partial charge in [0, 0.05) is 20.1 Å². The highest BCUT2D eigenvalue weighted by atomic mass is 16.2. The van der Waals surface area contributed by atoms with Crippen LogP contribution >= 0.6 is 0 Å². The van der Waals surface area contributed by atoms with Gasteiger partial charge in [0.25, 0.3) is 5.56 Å². The smallest absolute Gasteiger partial charge is 0.332 e. The summed E-state index contributed by atoms with van der Waals surface area (Å²) in [6, 6.07) is 0.361. The fourth-order valence-electron chi connectivity index (χ4n) is 3.10. The number of anilines is 1. The van der Waals surface area contributed by atoms with Crippen LogP contribution in [0.15, 0.2) is 9.59 Å². The molecule has 0 aliphatic heterocycles. The Labute approximate surface area is 122 Å². The first-order valence-corrected chi connectivity index (χ1v) is 7.41. The molecule has 0 saturated heterocycles. The molecule has 1 fully saturated rings. The second-order valence-corrected chi connectivity index (χ2v) is 6.00. The van der Waals surface area contributed by atoms with E-state index in [-0.39, 0.29) is 11.2 Å². The van der Waals surface area contributed by atoms with Gasteiger partial charge in [0.1, 0.15) is 0 Å². The van der Waals surface area contributed by atoms with Crippen LogP contribution in [0.5, 0.6) is 0 Å². The highest BCUT2D eigenvalue weighted by Gasteiger charge is 2.22. The zero-order chi connectivity index (χ0) is 15.1.